The molecule has 0 radical (unpaired) electrons. The lowest BCUT2D eigenvalue weighted by molar-refractivity contribution is -0.384. The highest BCUT2D eigenvalue weighted by atomic mass is 35.5. The van der Waals surface area contributed by atoms with Gasteiger partial charge >= 0.3 is 0 Å². The number of nitrogens with one attached hydrogen (secondary N) is 4. The number of carbonyl (C=O) groups excluding carboxylic acids is 1. The Morgan fingerprint density at radius 2 is 1.77 bits per heavy atom. The number of fused-ring (bicyclic) bond motifs is 1. The number of alkyl halides is 1. The summed E-state index contributed by atoms with van der Waals surface area (Å²) in [5.41, 5.74) is 5.58. The largest absolute Gasteiger partial charge is 0.459 e. The number of benzene rings is 2. The third kappa shape index (κ3) is 8.57. The average molecular weight is 888 g/mol. The Kier molecular flexibility index (Phi) is 11.2. The number of rotatable bonds is 13. The van der Waals surface area contributed by atoms with E-state index in [1.807, 2.05) is 37.4 Å². The summed E-state index contributed by atoms with van der Waals surface area (Å²) in [4.78, 5) is 35.5. The number of aromatic nitrogens is 1. The van der Waals surface area contributed by atoms with Crippen LogP contribution in [0.3, 0.4) is 0 Å². The third-order valence-corrected chi connectivity index (χ3v) is 16.1. The van der Waals surface area contributed by atoms with E-state index in [9.17, 15) is 23.3 Å². The molecule has 3 saturated carbocycles. The van der Waals surface area contributed by atoms with Crippen molar-refractivity contribution in [2.24, 2.45) is 16.7 Å². The second-order valence-electron chi connectivity index (χ2n) is 19.6. The number of H-pyrrole nitrogens is 1. The first-order chi connectivity index (χ1) is 29.5. The van der Waals surface area contributed by atoms with E-state index in [2.05, 4.69) is 55.9 Å². The molecule has 332 valence electrons. The first kappa shape index (κ1) is 42.7. The quantitative estimate of drug-likeness (QED) is 0.0573. The van der Waals surface area contributed by atoms with E-state index in [4.69, 9.17) is 16.3 Å². The number of hydrogen-bond donors (Lipinski definition) is 4. The van der Waals surface area contributed by atoms with Crippen LogP contribution >= 0.6 is 11.6 Å². The Labute approximate surface area is 369 Å². The number of nitro groups is 1. The normalized spacial score (nSPS) is 26.4. The maximum absolute atomic E-state index is 14.0. The van der Waals surface area contributed by atoms with Gasteiger partial charge in [-0.15, -0.1) is 11.6 Å². The summed E-state index contributed by atoms with van der Waals surface area (Å²) in [5, 5.41) is 18.7. The summed E-state index contributed by atoms with van der Waals surface area (Å²) < 4.78 is 36.2. The summed E-state index contributed by atoms with van der Waals surface area (Å²) in [6.07, 6.45) is 12.5. The summed E-state index contributed by atoms with van der Waals surface area (Å²) in [6, 6.07) is 10.6. The van der Waals surface area contributed by atoms with Gasteiger partial charge < -0.3 is 30.2 Å². The van der Waals surface area contributed by atoms with Gasteiger partial charge in [0.25, 0.3) is 21.6 Å². The Bertz CT molecular complexity index is 2410. The van der Waals surface area contributed by atoms with Crippen LogP contribution in [0.1, 0.15) is 88.1 Å². The zero-order valence-corrected chi connectivity index (χ0v) is 37.8. The van der Waals surface area contributed by atoms with Gasteiger partial charge in [-0.25, -0.2) is 13.1 Å². The Morgan fingerprint density at radius 3 is 2.48 bits per heavy atom. The number of amides is 1. The fourth-order valence-electron chi connectivity index (χ4n) is 10.6. The minimum atomic E-state index is -4.53. The molecule has 1 atom stereocenters. The van der Waals surface area contributed by atoms with Gasteiger partial charge in [0.15, 0.2) is 0 Å². The van der Waals surface area contributed by atoms with E-state index in [1.54, 1.807) is 17.2 Å². The SMILES string of the molecule is CC1Nc2[nH]ccc2C=C1Oc1cc(N2CCN(CC3=C(C45CC(Cl)(C4)C5)CC(C)(C)CC3)CC2)ccc1C(=O)NS(=O)(=O)c1ccc(NCC2CCN(C)CC2)c([N+](=O)[O-])c1. The van der Waals surface area contributed by atoms with Crippen LogP contribution in [0.2, 0.25) is 0 Å². The number of aromatic amines is 1. The van der Waals surface area contributed by atoms with Crippen molar-refractivity contribution in [3.63, 3.8) is 0 Å². The van der Waals surface area contributed by atoms with Crippen LogP contribution < -0.4 is 25.0 Å². The summed E-state index contributed by atoms with van der Waals surface area (Å²) >= 11 is 6.76. The molecule has 1 amide bonds. The molecule has 3 aliphatic heterocycles. The highest BCUT2D eigenvalue weighted by molar-refractivity contribution is 7.90. The Morgan fingerprint density at radius 1 is 1.03 bits per heavy atom. The van der Waals surface area contributed by atoms with Crippen molar-refractivity contribution in [3.05, 3.63) is 86.8 Å². The van der Waals surface area contributed by atoms with Gasteiger partial charge in [-0.05, 0) is 132 Å². The zero-order valence-electron chi connectivity index (χ0n) is 36.2. The van der Waals surface area contributed by atoms with Crippen molar-refractivity contribution in [3.8, 4) is 5.75 Å². The molecule has 7 aliphatic rings. The number of likely N-dealkylation sites (tertiary alicyclic amines) is 1. The molecule has 1 aromatic heterocycles. The van der Waals surface area contributed by atoms with E-state index < -0.39 is 20.9 Å². The first-order valence-corrected chi connectivity index (χ1v) is 24.0. The van der Waals surface area contributed by atoms with Gasteiger partial charge in [-0.2, -0.15) is 0 Å². The third-order valence-electron chi connectivity index (χ3n) is 14.4. The number of ether oxygens (including phenoxy) is 1. The molecule has 62 heavy (non-hydrogen) atoms. The predicted molar refractivity (Wildman–Crippen MR) is 244 cm³/mol. The number of allylic oxidation sites excluding steroid dienone is 1. The lowest BCUT2D eigenvalue weighted by Gasteiger charge is -2.70. The fraction of sp³-hybridized carbons (Fsp3) is 0.543. The van der Waals surface area contributed by atoms with Crippen LogP contribution in [0, 0.1) is 26.9 Å². The molecule has 5 fully saturated rings. The summed E-state index contributed by atoms with van der Waals surface area (Å²) in [7, 11) is -2.46. The summed E-state index contributed by atoms with van der Waals surface area (Å²) in [5.74, 6) is 1.04. The monoisotopic (exact) mass is 886 g/mol. The minimum absolute atomic E-state index is 0.0156. The van der Waals surface area contributed by atoms with Crippen molar-refractivity contribution < 1.29 is 22.9 Å². The number of hydrogen-bond acceptors (Lipinski definition) is 11. The van der Waals surface area contributed by atoms with Crippen LogP contribution in [0.5, 0.6) is 5.75 Å². The molecule has 2 saturated heterocycles. The first-order valence-electron chi connectivity index (χ1n) is 22.1. The Balaban J connectivity index is 0.923. The molecule has 1 unspecified atom stereocenters. The molecule has 4 heterocycles. The number of piperazine rings is 1. The van der Waals surface area contributed by atoms with Crippen molar-refractivity contribution in [1.29, 1.82) is 0 Å². The molecule has 4 N–H and O–H groups in total. The fourth-order valence-corrected chi connectivity index (χ4v) is 12.4. The van der Waals surface area contributed by atoms with Gasteiger partial charge in [0.05, 0.1) is 21.4 Å². The lowest BCUT2D eigenvalue weighted by Crippen LogP contribution is -2.65. The van der Waals surface area contributed by atoms with Gasteiger partial charge in [0, 0.05) is 73.7 Å². The Hall–Kier alpha value is -4.57. The van der Waals surface area contributed by atoms with Gasteiger partial charge in [0.2, 0.25) is 0 Å². The maximum Gasteiger partial charge on any atom is 0.293 e. The molecule has 3 aromatic rings. The maximum atomic E-state index is 14.0. The topological polar surface area (TPSA) is 165 Å². The van der Waals surface area contributed by atoms with E-state index in [-0.39, 0.29) is 38.5 Å². The highest BCUT2D eigenvalue weighted by Crippen LogP contribution is 2.75. The van der Waals surface area contributed by atoms with Crippen molar-refractivity contribution in [1.82, 2.24) is 19.5 Å². The lowest BCUT2D eigenvalue weighted by atomic mass is 9.39. The van der Waals surface area contributed by atoms with Crippen LogP contribution in [-0.4, -0.2) is 104 Å². The second kappa shape index (κ2) is 16.2. The molecule has 0 spiro atoms. The van der Waals surface area contributed by atoms with Crippen molar-refractivity contribution >= 4 is 56.5 Å². The van der Waals surface area contributed by atoms with Gasteiger partial charge in [-0.1, -0.05) is 25.0 Å². The number of anilines is 3. The van der Waals surface area contributed by atoms with Gasteiger partial charge in [-0.3, -0.25) is 19.8 Å². The van der Waals surface area contributed by atoms with Crippen molar-refractivity contribution in [2.75, 3.05) is 74.9 Å². The molecule has 10 rings (SSSR count). The smallest absolute Gasteiger partial charge is 0.293 e. The molecule has 4 aliphatic carbocycles. The molecular formula is C46H59ClN8O6S. The number of nitrogens with zero attached hydrogens (tertiary/aromatic N) is 4. The van der Waals surface area contributed by atoms with Crippen molar-refractivity contribution in [2.45, 2.75) is 87.9 Å². The van der Waals surface area contributed by atoms with E-state index in [0.29, 0.717) is 29.1 Å². The second-order valence-corrected chi connectivity index (χ2v) is 22.1. The molecule has 16 heteroatoms. The standard InChI is InChI=1S/C46H59ClN8O6S/c1-30-40(21-32-10-14-48-42(32)50-30)61-41-22-34(54-19-17-53(18-20-54)26-33-9-13-44(2,3)24-37(33)45-27-46(47,28-45)29-45)5-7-36(41)43(56)51-62(59,60)35-6-8-38(39(23-35)55(57)58)49-25-31-11-15-52(4)16-12-31/h5-8,10,14,21-23,30-31,48-50H,9,11-13,15-20,24-29H2,1-4H3,(H,51,56). The van der Waals surface area contributed by atoms with Crippen LogP contribution in [0.4, 0.5) is 22.9 Å². The number of piperidine rings is 1. The number of halogens is 1. The van der Waals surface area contributed by atoms with Crippen LogP contribution in [0.15, 0.2) is 70.5 Å². The molecular weight excluding hydrogens is 828 g/mol. The number of sulfonamides is 1. The van der Waals surface area contributed by atoms with E-state index in [0.717, 1.165) is 114 Å². The molecule has 2 aromatic carbocycles. The summed E-state index contributed by atoms with van der Waals surface area (Å²) in [6.45, 7) is 13.5. The number of carbonyl (C=O) groups is 1. The highest BCUT2D eigenvalue weighted by Gasteiger charge is 2.69. The van der Waals surface area contributed by atoms with Gasteiger partial charge in [0.1, 0.15) is 23.0 Å². The van der Waals surface area contributed by atoms with E-state index in [1.165, 1.54) is 18.6 Å². The molecule has 2 bridgehead atoms. The minimum Gasteiger partial charge on any atom is -0.459 e. The predicted octanol–water partition coefficient (Wildman–Crippen LogP) is 7.82. The van der Waals surface area contributed by atoms with E-state index >= 15 is 0 Å². The number of nitro benzene ring substituents is 1. The molecule has 14 nitrogen and oxygen atoms in total. The van der Waals surface area contributed by atoms with Crippen LogP contribution in [0.25, 0.3) is 6.08 Å². The average Bonchev–Trinajstić information content (AvgIpc) is 3.66. The van der Waals surface area contributed by atoms with Crippen LogP contribution in [-0.2, 0) is 10.0 Å². The zero-order chi connectivity index (χ0) is 43.6.